The second-order valence-corrected chi connectivity index (χ2v) is 5.53. The number of hydrogen-bond acceptors (Lipinski definition) is 3. The minimum atomic E-state index is -4.12. The van der Waals surface area contributed by atoms with Gasteiger partial charge in [-0.3, -0.25) is 0 Å². The highest BCUT2D eigenvalue weighted by atomic mass is 32.1. The zero-order valence-electron chi connectivity index (χ0n) is 10.9. The molecule has 0 aliphatic carbocycles. The first-order chi connectivity index (χ1) is 9.44. The van der Waals surface area contributed by atoms with Crippen molar-refractivity contribution in [2.75, 3.05) is 0 Å². The van der Waals surface area contributed by atoms with Gasteiger partial charge in [0.05, 0.1) is 6.42 Å². The molecule has 1 atom stereocenters. The van der Waals surface area contributed by atoms with Crippen molar-refractivity contribution in [2.45, 2.75) is 32.1 Å². The molecule has 108 valence electrons. The molecule has 0 aliphatic rings. The zero-order chi connectivity index (χ0) is 14.6. The van der Waals surface area contributed by atoms with Crippen LogP contribution in [0.3, 0.4) is 0 Å². The third-order valence-corrected chi connectivity index (χ3v) is 3.65. The number of nitrogens with zero attached hydrogens (tertiary/aromatic N) is 1. The monoisotopic (exact) mass is 300 g/mol. The van der Waals surface area contributed by atoms with Gasteiger partial charge in [-0.05, 0) is 12.5 Å². The summed E-state index contributed by atoms with van der Waals surface area (Å²) < 4.78 is 36.6. The Kier molecular flexibility index (Phi) is 4.77. The summed E-state index contributed by atoms with van der Waals surface area (Å²) in [5.41, 5.74) is 1.98. The fraction of sp³-hybridized carbons (Fsp3) is 0.357. The quantitative estimate of drug-likeness (QED) is 0.893. The maximum absolute atomic E-state index is 12.2. The number of thiazole rings is 1. The maximum Gasteiger partial charge on any atom is 0.390 e. The minimum absolute atomic E-state index is 0.426. The van der Waals surface area contributed by atoms with E-state index in [1.54, 1.807) is 17.5 Å². The molecule has 0 amide bonds. The largest absolute Gasteiger partial charge is 0.390 e. The molecule has 2 aromatic rings. The van der Waals surface area contributed by atoms with Gasteiger partial charge in [0.2, 0.25) is 0 Å². The lowest BCUT2D eigenvalue weighted by Gasteiger charge is -2.15. The van der Waals surface area contributed by atoms with Crippen LogP contribution in [0, 0.1) is 0 Å². The second kappa shape index (κ2) is 6.37. The van der Waals surface area contributed by atoms with Gasteiger partial charge in [0.1, 0.15) is 5.01 Å². The topological polar surface area (TPSA) is 24.9 Å². The molecule has 0 bridgehead atoms. The number of benzene rings is 1. The van der Waals surface area contributed by atoms with Crippen LogP contribution in [-0.2, 0) is 6.54 Å². The SMILES string of the molecule is CC(CC(F)(F)F)NCc1ccc(-c2nccs2)cc1. The molecule has 0 fully saturated rings. The average Bonchev–Trinajstić information content (AvgIpc) is 2.89. The van der Waals surface area contributed by atoms with Crippen molar-refractivity contribution in [1.29, 1.82) is 0 Å². The lowest BCUT2D eigenvalue weighted by molar-refractivity contribution is -0.139. The third kappa shape index (κ3) is 4.61. The van der Waals surface area contributed by atoms with Crippen LogP contribution in [0.4, 0.5) is 13.2 Å². The molecule has 1 heterocycles. The molecule has 0 saturated heterocycles. The van der Waals surface area contributed by atoms with E-state index in [-0.39, 0.29) is 0 Å². The third-order valence-electron chi connectivity index (χ3n) is 2.83. The van der Waals surface area contributed by atoms with E-state index in [4.69, 9.17) is 0 Å². The number of hydrogen-bond donors (Lipinski definition) is 1. The Bertz CT molecular complexity index is 520. The van der Waals surface area contributed by atoms with Gasteiger partial charge in [-0.15, -0.1) is 11.3 Å². The van der Waals surface area contributed by atoms with E-state index in [0.29, 0.717) is 6.54 Å². The van der Waals surface area contributed by atoms with E-state index in [2.05, 4.69) is 10.3 Å². The van der Waals surface area contributed by atoms with Gasteiger partial charge in [0.15, 0.2) is 0 Å². The highest BCUT2D eigenvalue weighted by molar-refractivity contribution is 7.13. The molecule has 0 radical (unpaired) electrons. The van der Waals surface area contributed by atoms with E-state index in [1.165, 1.54) is 6.92 Å². The minimum Gasteiger partial charge on any atom is -0.310 e. The van der Waals surface area contributed by atoms with E-state index in [0.717, 1.165) is 16.1 Å². The van der Waals surface area contributed by atoms with Crippen molar-refractivity contribution in [2.24, 2.45) is 0 Å². The first-order valence-electron chi connectivity index (χ1n) is 6.23. The maximum atomic E-state index is 12.2. The normalized spacial score (nSPS) is 13.4. The smallest absolute Gasteiger partial charge is 0.310 e. The number of rotatable bonds is 5. The Morgan fingerprint density at radius 1 is 1.25 bits per heavy atom. The lowest BCUT2D eigenvalue weighted by atomic mass is 10.1. The Morgan fingerprint density at radius 3 is 2.50 bits per heavy atom. The van der Waals surface area contributed by atoms with E-state index in [9.17, 15) is 13.2 Å². The molecule has 2 nitrogen and oxygen atoms in total. The van der Waals surface area contributed by atoms with Crippen molar-refractivity contribution >= 4 is 11.3 Å². The van der Waals surface area contributed by atoms with Gasteiger partial charge in [-0.2, -0.15) is 13.2 Å². The Hall–Kier alpha value is -1.40. The van der Waals surface area contributed by atoms with Gasteiger partial charge in [0.25, 0.3) is 0 Å². The van der Waals surface area contributed by atoms with E-state index >= 15 is 0 Å². The van der Waals surface area contributed by atoms with Crippen LogP contribution in [0.25, 0.3) is 10.6 Å². The molecule has 2 rings (SSSR count). The van der Waals surface area contributed by atoms with Crippen LogP contribution in [0.5, 0.6) is 0 Å². The van der Waals surface area contributed by atoms with Crippen LogP contribution >= 0.6 is 11.3 Å². The molecule has 6 heteroatoms. The molecule has 1 aromatic heterocycles. The fourth-order valence-corrected chi connectivity index (χ4v) is 2.49. The first-order valence-corrected chi connectivity index (χ1v) is 7.11. The van der Waals surface area contributed by atoms with Crippen molar-refractivity contribution in [1.82, 2.24) is 10.3 Å². The summed E-state index contributed by atoms with van der Waals surface area (Å²) in [5, 5.41) is 5.72. The average molecular weight is 300 g/mol. The van der Waals surface area contributed by atoms with Crippen molar-refractivity contribution in [3.05, 3.63) is 41.4 Å². The predicted molar refractivity (Wildman–Crippen MR) is 74.5 cm³/mol. The highest BCUT2D eigenvalue weighted by Gasteiger charge is 2.29. The molecule has 0 aliphatic heterocycles. The predicted octanol–water partition coefficient (Wildman–Crippen LogP) is 4.24. The van der Waals surface area contributed by atoms with Crippen LogP contribution in [0.1, 0.15) is 18.9 Å². The van der Waals surface area contributed by atoms with Gasteiger partial charge >= 0.3 is 6.18 Å². The van der Waals surface area contributed by atoms with Crippen LogP contribution in [0.2, 0.25) is 0 Å². The molecule has 1 unspecified atom stereocenters. The second-order valence-electron chi connectivity index (χ2n) is 4.64. The summed E-state index contributed by atoms with van der Waals surface area (Å²) in [6.07, 6.45) is -3.19. The van der Waals surface area contributed by atoms with Crippen molar-refractivity contribution in [3.63, 3.8) is 0 Å². The van der Waals surface area contributed by atoms with Gasteiger partial charge in [0, 0.05) is 29.7 Å². The van der Waals surface area contributed by atoms with Gasteiger partial charge in [-0.25, -0.2) is 4.98 Å². The van der Waals surface area contributed by atoms with Crippen LogP contribution < -0.4 is 5.32 Å². The molecular weight excluding hydrogens is 285 g/mol. The Balaban J connectivity index is 1.88. The summed E-state index contributed by atoms with van der Waals surface area (Å²) in [6, 6.07) is 7.09. The Morgan fingerprint density at radius 2 is 1.95 bits per heavy atom. The van der Waals surface area contributed by atoms with Crippen LogP contribution in [0.15, 0.2) is 35.8 Å². The molecular formula is C14H15F3N2S. The number of alkyl halides is 3. The molecule has 20 heavy (non-hydrogen) atoms. The highest BCUT2D eigenvalue weighted by Crippen LogP contribution is 2.23. The summed E-state index contributed by atoms with van der Waals surface area (Å²) >= 11 is 1.55. The Labute approximate surface area is 119 Å². The summed E-state index contributed by atoms with van der Waals surface area (Å²) in [5.74, 6) is 0. The molecule has 0 spiro atoms. The van der Waals surface area contributed by atoms with E-state index < -0.39 is 18.6 Å². The first kappa shape index (κ1) is 15.0. The number of aromatic nitrogens is 1. The number of nitrogens with one attached hydrogen (secondary N) is 1. The summed E-state index contributed by atoms with van der Waals surface area (Å²) in [7, 11) is 0. The lowest BCUT2D eigenvalue weighted by Crippen LogP contribution is -2.30. The van der Waals surface area contributed by atoms with Gasteiger partial charge < -0.3 is 5.32 Å². The van der Waals surface area contributed by atoms with Gasteiger partial charge in [-0.1, -0.05) is 24.3 Å². The summed E-state index contributed by atoms with van der Waals surface area (Å²) in [4.78, 5) is 4.21. The number of halogens is 3. The molecule has 0 saturated carbocycles. The fourth-order valence-electron chi connectivity index (χ4n) is 1.84. The molecule has 1 N–H and O–H groups in total. The standard InChI is InChI=1S/C14H15F3N2S/c1-10(8-14(15,16)17)19-9-11-2-4-12(5-3-11)13-18-6-7-20-13/h2-7,10,19H,8-9H2,1H3. The summed E-state index contributed by atoms with van der Waals surface area (Å²) in [6.45, 7) is 1.97. The van der Waals surface area contributed by atoms with Crippen molar-refractivity contribution in [3.8, 4) is 10.6 Å². The molecule has 1 aromatic carbocycles. The zero-order valence-corrected chi connectivity index (χ0v) is 11.8. The van der Waals surface area contributed by atoms with Crippen LogP contribution in [-0.4, -0.2) is 17.2 Å². The van der Waals surface area contributed by atoms with Crippen molar-refractivity contribution < 1.29 is 13.2 Å². The van der Waals surface area contributed by atoms with E-state index in [1.807, 2.05) is 29.6 Å².